The molecule has 1 saturated heterocycles. The second-order valence-electron chi connectivity index (χ2n) is 3.77. The van der Waals surface area contributed by atoms with Gasteiger partial charge in [-0.1, -0.05) is 0 Å². The standard InChI is InChI=1S/C12H17NO2S/c1-2-15-12-4-3-10(13)5-9(12)8-16-11-6-14-7-11/h3-5,11H,2,6-8,13H2,1H3. The topological polar surface area (TPSA) is 44.5 Å². The third-order valence-corrected chi connectivity index (χ3v) is 3.69. The molecular weight excluding hydrogens is 222 g/mol. The smallest absolute Gasteiger partial charge is 0.123 e. The third-order valence-electron chi connectivity index (χ3n) is 2.47. The number of hydrogen-bond donors (Lipinski definition) is 1. The van der Waals surface area contributed by atoms with E-state index in [9.17, 15) is 0 Å². The van der Waals surface area contributed by atoms with Gasteiger partial charge in [0.25, 0.3) is 0 Å². The van der Waals surface area contributed by atoms with Crippen LogP contribution in [0.4, 0.5) is 5.69 Å². The van der Waals surface area contributed by atoms with Crippen LogP contribution in [0.2, 0.25) is 0 Å². The zero-order chi connectivity index (χ0) is 11.4. The van der Waals surface area contributed by atoms with Crippen LogP contribution in [-0.2, 0) is 10.5 Å². The van der Waals surface area contributed by atoms with Crippen molar-refractivity contribution >= 4 is 17.4 Å². The molecule has 2 rings (SSSR count). The van der Waals surface area contributed by atoms with Gasteiger partial charge in [0.2, 0.25) is 0 Å². The Kier molecular flexibility index (Phi) is 3.96. The van der Waals surface area contributed by atoms with E-state index in [0.717, 1.165) is 30.4 Å². The molecule has 1 heterocycles. The minimum absolute atomic E-state index is 0.635. The predicted molar refractivity (Wildman–Crippen MR) is 67.9 cm³/mol. The second-order valence-corrected chi connectivity index (χ2v) is 5.06. The van der Waals surface area contributed by atoms with Crippen molar-refractivity contribution < 1.29 is 9.47 Å². The number of nitrogens with two attached hydrogens (primary N) is 1. The largest absolute Gasteiger partial charge is 0.494 e. The molecule has 0 unspecified atom stereocenters. The van der Waals surface area contributed by atoms with E-state index in [1.807, 2.05) is 36.9 Å². The van der Waals surface area contributed by atoms with Crippen molar-refractivity contribution in [2.45, 2.75) is 17.9 Å². The first-order chi connectivity index (χ1) is 7.79. The molecule has 0 radical (unpaired) electrons. The van der Waals surface area contributed by atoms with Crippen molar-refractivity contribution in [3.63, 3.8) is 0 Å². The lowest BCUT2D eigenvalue weighted by Crippen LogP contribution is -2.30. The summed E-state index contributed by atoms with van der Waals surface area (Å²) in [6.07, 6.45) is 0. The van der Waals surface area contributed by atoms with E-state index >= 15 is 0 Å². The van der Waals surface area contributed by atoms with Gasteiger partial charge in [0.05, 0.1) is 25.1 Å². The van der Waals surface area contributed by atoms with Gasteiger partial charge in [-0.15, -0.1) is 11.8 Å². The summed E-state index contributed by atoms with van der Waals surface area (Å²) >= 11 is 1.90. The van der Waals surface area contributed by atoms with Crippen LogP contribution in [0.25, 0.3) is 0 Å². The molecule has 1 aliphatic heterocycles. The fourth-order valence-corrected chi connectivity index (χ4v) is 2.55. The average Bonchev–Trinajstić information content (AvgIpc) is 2.20. The van der Waals surface area contributed by atoms with Crippen molar-refractivity contribution in [3.05, 3.63) is 23.8 Å². The molecule has 0 saturated carbocycles. The van der Waals surface area contributed by atoms with E-state index in [4.69, 9.17) is 15.2 Å². The Balaban J connectivity index is 2.00. The van der Waals surface area contributed by atoms with Crippen molar-refractivity contribution in [3.8, 4) is 5.75 Å². The minimum Gasteiger partial charge on any atom is -0.494 e. The Morgan fingerprint density at radius 2 is 2.31 bits per heavy atom. The molecule has 1 fully saturated rings. The van der Waals surface area contributed by atoms with E-state index in [0.29, 0.717) is 11.9 Å². The van der Waals surface area contributed by atoms with Gasteiger partial charge >= 0.3 is 0 Å². The summed E-state index contributed by atoms with van der Waals surface area (Å²) in [4.78, 5) is 0. The van der Waals surface area contributed by atoms with Crippen LogP contribution in [0, 0.1) is 0 Å². The summed E-state index contributed by atoms with van der Waals surface area (Å²) in [6.45, 7) is 4.43. The zero-order valence-corrected chi connectivity index (χ0v) is 10.3. The summed E-state index contributed by atoms with van der Waals surface area (Å²) in [5, 5.41) is 0.635. The number of hydrogen-bond acceptors (Lipinski definition) is 4. The maximum absolute atomic E-state index is 5.79. The molecule has 4 heteroatoms. The fraction of sp³-hybridized carbons (Fsp3) is 0.500. The molecule has 0 bridgehead atoms. The number of anilines is 1. The number of ether oxygens (including phenoxy) is 2. The molecule has 0 atom stereocenters. The molecule has 3 nitrogen and oxygen atoms in total. The summed E-state index contributed by atoms with van der Waals surface area (Å²) in [5.74, 6) is 1.89. The average molecular weight is 239 g/mol. The Hall–Kier alpha value is -0.870. The zero-order valence-electron chi connectivity index (χ0n) is 9.44. The van der Waals surface area contributed by atoms with Crippen molar-refractivity contribution in [1.29, 1.82) is 0 Å². The highest BCUT2D eigenvalue weighted by molar-refractivity contribution is 7.99. The first-order valence-corrected chi connectivity index (χ1v) is 6.55. The molecule has 0 amide bonds. The van der Waals surface area contributed by atoms with Gasteiger partial charge < -0.3 is 15.2 Å². The van der Waals surface area contributed by atoms with Crippen molar-refractivity contribution in [2.75, 3.05) is 25.6 Å². The lowest BCUT2D eigenvalue weighted by molar-refractivity contribution is 0.0455. The fourth-order valence-electron chi connectivity index (χ4n) is 1.53. The number of rotatable bonds is 5. The van der Waals surface area contributed by atoms with Crippen LogP contribution >= 0.6 is 11.8 Å². The van der Waals surface area contributed by atoms with E-state index in [-0.39, 0.29) is 0 Å². The Morgan fingerprint density at radius 1 is 1.50 bits per heavy atom. The minimum atomic E-state index is 0.635. The van der Waals surface area contributed by atoms with Crippen LogP contribution in [0.5, 0.6) is 5.75 Å². The first kappa shape index (κ1) is 11.6. The molecule has 0 aliphatic carbocycles. The van der Waals surface area contributed by atoms with Crippen LogP contribution in [0.15, 0.2) is 18.2 Å². The number of nitrogen functional groups attached to an aromatic ring is 1. The lowest BCUT2D eigenvalue weighted by Gasteiger charge is -2.25. The SMILES string of the molecule is CCOc1ccc(N)cc1CSC1COC1. The van der Waals surface area contributed by atoms with Gasteiger partial charge in [0.15, 0.2) is 0 Å². The summed E-state index contributed by atoms with van der Waals surface area (Å²) < 4.78 is 10.7. The molecule has 1 aliphatic rings. The Bertz CT molecular complexity index is 353. The van der Waals surface area contributed by atoms with Crippen LogP contribution in [-0.4, -0.2) is 25.1 Å². The van der Waals surface area contributed by atoms with Crippen molar-refractivity contribution in [2.24, 2.45) is 0 Å². The van der Waals surface area contributed by atoms with Gasteiger partial charge in [-0.25, -0.2) is 0 Å². The summed E-state index contributed by atoms with van der Waals surface area (Å²) in [5.41, 5.74) is 7.76. The predicted octanol–water partition coefficient (Wildman–Crippen LogP) is 2.30. The monoisotopic (exact) mass is 239 g/mol. The van der Waals surface area contributed by atoms with Gasteiger partial charge in [0.1, 0.15) is 5.75 Å². The quantitative estimate of drug-likeness (QED) is 0.801. The Labute approximate surface area is 100 Å². The van der Waals surface area contributed by atoms with Crippen molar-refractivity contribution in [1.82, 2.24) is 0 Å². The highest BCUT2D eigenvalue weighted by Gasteiger charge is 2.19. The number of thioether (sulfide) groups is 1. The summed E-state index contributed by atoms with van der Waals surface area (Å²) in [7, 11) is 0. The molecule has 88 valence electrons. The molecule has 1 aromatic carbocycles. The Morgan fingerprint density at radius 3 is 2.94 bits per heavy atom. The lowest BCUT2D eigenvalue weighted by atomic mass is 10.2. The molecule has 0 aromatic heterocycles. The number of benzene rings is 1. The van der Waals surface area contributed by atoms with E-state index < -0.39 is 0 Å². The normalized spacial score (nSPS) is 15.8. The van der Waals surface area contributed by atoms with E-state index in [1.165, 1.54) is 5.56 Å². The van der Waals surface area contributed by atoms with Crippen LogP contribution < -0.4 is 10.5 Å². The third kappa shape index (κ3) is 2.83. The maximum Gasteiger partial charge on any atom is 0.123 e. The van der Waals surface area contributed by atoms with Crippen LogP contribution in [0.1, 0.15) is 12.5 Å². The van der Waals surface area contributed by atoms with Gasteiger partial charge in [-0.05, 0) is 25.1 Å². The second kappa shape index (κ2) is 5.46. The van der Waals surface area contributed by atoms with E-state index in [2.05, 4.69) is 0 Å². The molecule has 16 heavy (non-hydrogen) atoms. The molecular formula is C12H17NO2S. The van der Waals surface area contributed by atoms with Gasteiger partial charge in [-0.2, -0.15) is 0 Å². The molecule has 0 spiro atoms. The summed E-state index contributed by atoms with van der Waals surface area (Å²) in [6, 6.07) is 5.83. The van der Waals surface area contributed by atoms with Gasteiger partial charge in [0, 0.05) is 17.0 Å². The molecule has 2 N–H and O–H groups in total. The highest BCUT2D eigenvalue weighted by Crippen LogP contribution is 2.29. The maximum atomic E-state index is 5.79. The van der Waals surface area contributed by atoms with E-state index in [1.54, 1.807) is 0 Å². The van der Waals surface area contributed by atoms with Gasteiger partial charge in [-0.3, -0.25) is 0 Å². The highest BCUT2D eigenvalue weighted by atomic mass is 32.2. The molecule has 1 aromatic rings. The van der Waals surface area contributed by atoms with Crippen LogP contribution in [0.3, 0.4) is 0 Å². The first-order valence-electron chi connectivity index (χ1n) is 5.50.